The monoisotopic (exact) mass is 401 g/mol. The molecule has 1 atom stereocenters. The van der Waals surface area contributed by atoms with Gasteiger partial charge >= 0.3 is 0 Å². The molecule has 0 saturated heterocycles. The first-order valence-electron chi connectivity index (χ1n) is 9.22. The second-order valence-electron chi connectivity index (χ2n) is 6.58. The van der Waals surface area contributed by atoms with E-state index in [0.717, 1.165) is 6.07 Å². The van der Waals surface area contributed by atoms with Gasteiger partial charge in [-0.2, -0.15) is 0 Å². The summed E-state index contributed by atoms with van der Waals surface area (Å²) in [7, 11) is 0. The van der Waals surface area contributed by atoms with Crippen molar-refractivity contribution in [3.8, 4) is 5.75 Å². The summed E-state index contributed by atoms with van der Waals surface area (Å²) >= 11 is 0. The summed E-state index contributed by atoms with van der Waals surface area (Å²) in [6.45, 7) is 5.81. The first kappa shape index (κ1) is 21.9. The van der Waals surface area contributed by atoms with Crippen molar-refractivity contribution in [3.05, 3.63) is 65.5 Å². The molecule has 3 amide bonds. The van der Waals surface area contributed by atoms with Crippen LogP contribution in [0.1, 0.15) is 41.5 Å². The van der Waals surface area contributed by atoms with Crippen molar-refractivity contribution in [3.63, 3.8) is 0 Å². The predicted molar refractivity (Wildman–Crippen MR) is 106 cm³/mol. The van der Waals surface area contributed by atoms with Crippen molar-refractivity contribution >= 4 is 17.7 Å². The van der Waals surface area contributed by atoms with Gasteiger partial charge in [0, 0.05) is 5.56 Å². The minimum absolute atomic E-state index is 0.163. The van der Waals surface area contributed by atoms with Crippen molar-refractivity contribution in [2.75, 3.05) is 6.61 Å². The Morgan fingerprint density at radius 1 is 0.966 bits per heavy atom. The Balaban J connectivity index is 1.97. The molecule has 0 radical (unpaired) electrons. The molecule has 0 aliphatic carbocycles. The number of carbonyl (C=O) groups is 3. The Morgan fingerprint density at radius 2 is 1.62 bits per heavy atom. The molecule has 0 aromatic heterocycles. The summed E-state index contributed by atoms with van der Waals surface area (Å²) < 4.78 is 19.1. The van der Waals surface area contributed by atoms with Crippen LogP contribution in [0.25, 0.3) is 0 Å². The molecule has 2 aromatic rings. The minimum Gasteiger partial charge on any atom is -0.494 e. The zero-order chi connectivity index (χ0) is 21.4. The van der Waals surface area contributed by atoms with Crippen LogP contribution < -0.4 is 20.9 Å². The van der Waals surface area contributed by atoms with Crippen LogP contribution in [0.2, 0.25) is 0 Å². The minimum atomic E-state index is -0.970. The second-order valence-corrected chi connectivity index (χ2v) is 6.58. The van der Waals surface area contributed by atoms with E-state index in [1.54, 1.807) is 38.1 Å². The molecule has 0 aliphatic rings. The number of carbonyl (C=O) groups excluding carboxylic acids is 3. The maximum atomic E-state index is 13.8. The number of amides is 3. The van der Waals surface area contributed by atoms with Crippen LogP contribution in [-0.4, -0.2) is 30.4 Å². The van der Waals surface area contributed by atoms with Crippen molar-refractivity contribution in [2.24, 2.45) is 5.92 Å². The third kappa shape index (κ3) is 6.03. The number of halogens is 1. The number of hydrogen-bond acceptors (Lipinski definition) is 4. The smallest absolute Gasteiger partial charge is 0.269 e. The molecule has 0 aliphatic heterocycles. The normalized spacial score (nSPS) is 11.5. The van der Waals surface area contributed by atoms with Gasteiger partial charge in [-0.1, -0.05) is 26.0 Å². The van der Waals surface area contributed by atoms with E-state index >= 15 is 0 Å². The van der Waals surface area contributed by atoms with Crippen molar-refractivity contribution in [1.29, 1.82) is 0 Å². The SMILES string of the molecule is CCOc1ccc(C(=O)NNC(=O)C(NC(=O)c2ccccc2F)C(C)C)cc1. The number of hydrogen-bond donors (Lipinski definition) is 3. The van der Waals surface area contributed by atoms with Crippen LogP contribution in [0.15, 0.2) is 48.5 Å². The third-order valence-corrected chi connectivity index (χ3v) is 4.08. The van der Waals surface area contributed by atoms with Crippen LogP contribution in [0.3, 0.4) is 0 Å². The predicted octanol–water partition coefficient (Wildman–Crippen LogP) is 2.44. The highest BCUT2D eigenvalue weighted by molar-refractivity contribution is 5.99. The summed E-state index contributed by atoms with van der Waals surface area (Å²) in [5.41, 5.74) is 4.76. The van der Waals surface area contributed by atoms with Gasteiger partial charge in [0.05, 0.1) is 12.2 Å². The number of nitrogens with one attached hydrogen (secondary N) is 3. The zero-order valence-corrected chi connectivity index (χ0v) is 16.5. The quantitative estimate of drug-likeness (QED) is 0.621. The standard InChI is InChI=1S/C21H24FN3O4/c1-4-29-15-11-9-14(10-12-15)19(26)24-25-21(28)18(13(2)3)23-20(27)16-7-5-6-8-17(16)22/h5-13,18H,4H2,1-3H3,(H,23,27)(H,24,26)(H,25,28). The van der Waals surface area contributed by atoms with Gasteiger partial charge in [0.1, 0.15) is 17.6 Å². The van der Waals surface area contributed by atoms with E-state index in [1.807, 2.05) is 6.92 Å². The van der Waals surface area contributed by atoms with Gasteiger partial charge < -0.3 is 10.1 Å². The maximum absolute atomic E-state index is 13.8. The molecular formula is C21H24FN3O4. The lowest BCUT2D eigenvalue weighted by atomic mass is 10.0. The lowest BCUT2D eigenvalue weighted by Crippen LogP contribution is -2.54. The average molecular weight is 401 g/mol. The molecule has 1 unspecified atom stereocenters. The molecule has 2 rings (SSSR count). The second kappa shape index (κ2) is 10.2. The Hall–Kier alpha value is -3.42. The van der Waals surface area contributed by atoms with Gasteiger partial charge in [0.25, 0.3) is 17.7 Å². The van der Waals surface area contributed by atoms with Crippen molar-refractivity contribution in [2.45, 2.75) is 26.8 Å². The van der Waals surface area contributed by atoms with E-state index in [0.29, 0.717) is 17.9 Å². The topological polar surface area (TPSA) is 96.5 Å². The molecule has 0 bridgehead atoms. The van der Waals surface area contributed by atoms with E-state index in [4.69, 9.17) is 4.74 Å². The summed E-state index contributed by atoms with van der Waals surface area (Å²) in [6.07, 6.45) is 0. The summed E-state index contributed by atoms with van der Waals surface area (Å²) in [6, 6.07) is 10.9. The van der Waals surface area contributed by atoms with E-state index in [9.17, 15) is 18.8 Å². The molecule has 0 fully saturated rings. The Labute approximate surface area is 168 Å². The fraction of sp³-hybridized carbons (Fsp3) is 0.286. The van der Waals surface area contributed by atoms with Crippen LogP contribution in [0, 0.1) is 11.7 Å². The highest BCUT2D eigenvalue weighted by Crippen LogP contribution is 2.12. The largest absolute Gasteiger partial charge is 0.494 e. The molecule has 2 aromatic carbocycles. The first-order chi connectivity index (χ1) is 13.8. The lowest BCUT2D eigenvalue weighted by molar-refractivity contribution is -0.124. The molecule has 29 heavy (non-hydrogen) atoms. The summed E-state index contributed by atoms with van der Waals surface area (Å²) in [5, 5.41) is 2.50. The van der Waals surface area contributed by atoms with Gasteiger partial charge in [-0.3, -0.25) is 25.2 Å². The first-order valence-corrected chi connectivity index (χ1v) is 9.22. The maximum Gasteiger partial charge on any atom is 0.269 e. The fourth-order valence-electron chi connectivity index (χ4n) is 2.54. The molecule has 8 heteroatoms. The van der Waals surface area contributed by atoms with Crippen LogP contribution in [-0.2, 0) is 4.79 Å². The summed E-state index contributed by atoms with van der Waals surface area (Å²) in [4.78, 5) is 37.0. The number of hydrazine groups is 1. The Bertz CT molecular complexity index is 868. The van der Waals surface area contributed by atoms with Gasteiger partial charge in [-0.15, -0.1) is 0 Å². The van der Waals surface area contributed by atoms with Gasteiger partial charge in [0.15, 0.2) is 0 Å². The van der Waals surface area contributed by atoms with E-state index in [1.165, 1.54) is 18.2 Å². The highest BCUT2D eigenvalue weighted by Gasteiger charge is 2.26. The van der Waals surface area contributed by atoms with Gasteiger partial charge in [-0.25, -0.2) is 4.39 Å². The van der Waals surface area contributed by atoms with Gasteiger partial charge in [-0.05, 0) is 49.2 Å². The number of rotatable bonds is 7. The molecule has 154 valence electrons. The van der Waals surface area contributed by atoms with E-state index in [-0.39, 0.29) is 11.5 Å². The number of benzene rings is 2. The summed E-state index contributed by atoms with van der Waals surface area (Å²) in [5.74, 6) is -2.21. The Kier molecular flexibility index (Phi) is 7.70. The molecule has 3 N–H and O–H groups in total. The third-order valence-electron chi connectivity index (χ3n) is 4.08. The molecular weight excluding hydrogens is 377 g/mol. The molecule has 0 saturated carbocycles. The Morgan fingerprint density at radius 3 is 2.21 bits per heavy atom. The number of ether oxygens (including phenoxy) is 1. The van der Waals surface area contributed by atoms with Gasteiger partial charge in [0.2, 0.25) is 0 Å². The van der Waals surface area contributed by atoms with Crippen LogP contribution in [0.5, 0.6) is 5.75 Å². The average Bonchev–Trinajstić information content (AvgIpc) is 2.70. The van der Waals surface area contributed by atoms with E-state index < -0.39 is 29.6 Å². The van der Waals surface area contributed by atoms with Crippen LogP contribution in [0.4, 0.5) is 4.39 Å². The van der Waals surface area contributed by atoms with Crippen molar-refractivity contribution in [1.82, 2.24) is 16.2 Å². The highest BCUT2D eigenvalue weighted by atomic mass is 19.1. The lowest BCUT2D eigenvalue weighted by Gasteiger charge is -2.22. The fourth-order valence-corrected chi connectivity index (χ4v) is 2.54. The molecule has 7 nitrogen and oxygen atoms in total. The van der Waals surface area contributed by atoms with Crippen molar-refractivity contribution < 1.29 is 23.5 Å². The molecule has 0 heterocycles. The van der Waals surface area contributed by atoms with E-state index in [2.05, 4.69) is 16.2 Å². The van der Waals surface area contributed by atoms with Crippen LogP contribution >= 0.6 is 0 Å². The zero-order valence-electron chi connectivity index (χ0n) is 16.5. The molecule has 0 spiro atoms.